The van der Waals surface area contributed by atoms with Crippen LogP contribution >= 0.6 is 0 Å². The molecule has 0 N–H and O–H groups in total. The van der Waals surface area contributed by atoms with Crippen LogP contribution in [0.4, 0.5) is 0 Å². The second-order valence-electron chi connectivity index (χ2n) is 11.1. The Morgan fingerprint density at radius 3 is 2.26 bits per heavy atom. The number of sulfonamides is 1. The molecule has 0 spiro atoms. The average Bonchev–Trinajstić information content (AvgIpc) is 3.63. The van der Waals surface area contributed by atoms with Crippen molar-refractivity contribution in [3.8, 4) is 5.75 Å². The molecule has 1 amide bonds. The lowest BCUT2D eigenvalue weighted by Crippen LogP contribution is -2.55. The van der Waals surface area contributed by atoms with Crippen LogP contribution in [0.3, 0.4) is 0 Å². The molecule has 3 aliphatic heterocycles. The molecule has 10 nitrogen and oxygen atoms in total. The SMILES string of the molecule is COc1cc(C)c(S(=O)(=O)N(CC2=NC(C(=O)N3CCN(C4CCN(C)CC4)CC3)CO2)C2CC2)c(C)c1. The number of benzene rings is 1. The van der Waals surface area contributed by atoms with E-state index in [2.05, 4.69) is 21.8 Å². The lowest BCUT2D eigenvalue weighted by Gasteiger charge is -2.42. The van der Waals surface area contributed by atoms with Gasteiger partial charge >= 0.3 is 0 Å². The first-order valence-electron chi connectivity index (χ1n) is 13.8. The number of nitrogens with zero attached hydrogens (tertiary/aromatic N) is 5. The van der Waals surface area contributed by atoms with Gasteiger partial charge in [0, 0.05) is 38.3 Å². The summed E-state index contributed by atoms with van der Waals surface area (Å²) in [4.78, 5) is 24.9. The molecular weight excluding hydrogens is 506 g/mol. The van der Waals surface area contributed by atoms with Crippen molar-refractivity contribution in [1.29, 1.82) is 0 Å². The molecule has 0 aromatic heterocycles. The lowest BCUT2D eigenvalue weighted by molar-refractivity contribution is -0.135. The zero-order valence-electron chi connectivity index (χ0n) is 23.1. The molecule has 38 heavy (non-hydrogen) atoms. The van der Waals surface area contributed by atoms with E-state index in [1.807, 2.05) is 4.90 Å². The number of aliphatic imine (C=N–C) groups is 1. The van der Waals surface area contributed by atoms with Gasteiger partial charge in [0.05, 0.1) is 18.6 Å². The Kier molecular flexibility index (Phi) is 8.00. The summed E-state index contributed by atoms with van der Waals surface area (Å²) in [7, 11) is -0.0337. The molecule has 5 rings (SSSR count). The summed E-state index contributed by atoms with van der Waals surface area (Å²) in [5.41, 5.74) is 1.29. The van der Waals surface area contributed by atoms with Crippen LogP contribution in [0, 0.1) is 13.8 Å². The van der Waals surface area contributed by atoms with Crippen LogP contribution in [0.2, 0.25) is 0 Å². The Morgan fingerprint density at radius 2 is 1.68 bits per heavy atom. The Hall–Kier alpha value is -2.21. The number of carbonyl (C=O) groups excluding carboxylic acids is 1. The number of methoxy groups -OCH3 is 1. The number of carbonyl (C=O) groups is 1. The van der Waals surface area contributed by atoms with Gasteiger partial charge in [0.1, 0.15) is 12.4 Å². The molecule has 210 valence electrons. The van der Waals surface area contributed by atoms with Crippen molar-refractivity contribution in [3.05, 3.63) is 23.3 Å². The van der Waals surface area contributed by atoms with Gasteiger partial charge in [0.25, 0.3) is 5.91 Å². The van der Waals surface area contributed by atoms with Crippen LogP contribution in [-0.2, 0) is 19.6 Å². The molecular formula is C27H41N5O5S. The molecule has 0 radical (unpaired) electrons. The smallest absolute Gasteiger partial charge is 0.251 e. The molecule has 1 saturated carbocycles. The van der Waals surface area contributed by atoms with Crippen molar-refractivity contribution in [2.45, 2.75) is 62.6 Å². The third kappa shape index (κ3) is 5.71. The number of piperazine rings is 1. The maximum Gasteiger partial charge on any atom is 0.251 e. The number of amides is 1. The number of hydrogen-bond acceptors (Lipinski definition) is 8. The van der Waals surface area contributed by atoms with Crippen LogP contribution in [0.1, 0.15) is 36.8 Å². The molecule has 3 heterocycles. The standard InChI is InChI=1S/C27H41N5O5S/c1-19-15-23(36-4)16-20(2)26(19)38(34,35)32(22-5-6-22)17-25-28-24(18-37-25)27(33)31-13-11-30(12-14-31)21-7-9-29(3)10-8-21/h15-16,21-22,24H,5-14,17-18H2,1-4H3. The van der Waals surface area contributed by atoms with Crippen LogP contribution in [0.25, 0.3) is 0 Å². The predicted molar refractivity (Wildman–Crippen MR) is 145 cm³/mol. The number of rotatable bonds is 8. The van der Waals surface area contributed by atoms with Crippen LogP contribution in [0.5, 0.6) is 5.75 Å². The van der Waals surface area contributed by atoms with Gasteiger partial charge in [0.2, 0.25) is 10.0 Å². The number of ether oxygens (including phenoxy) is 2. The minimum absolute atomic E-state index is 0.0225. The summed E-state index contributed by atoms with van der Waals surface area (Å²) in [5, 5.41) is 0. The fraction of sp³-hybridized carbons (Fsp3) is 0.704. The summed E-state index contributed by atoms with van der Waals surface area (Å²) in [5.74, 6) is 0.937. The van der Waals surface area contributed by atoms with Gasteiger partial charge in [-0.1, -0.05) is 0 Å². The quantitative estimate of drug-likeness (QED) is 0.487. The van der Waals surface area contributed by atoms with E-state index in [1.165, 1.54) is 17.1 Å². The molecule has 1 aliphatic carbocycles. The minimum Gasteiger partial charge on any atom is -0.497 e. The third-order valence-corrected chi connectivity index (χ3v) is 10.5. The molecule has 1 aromatic carbocycles. The second kappa shape index (κ2) is 11.1. The normalized spacial score (nSPS) is 24.0. The molecule has 2 saturated heterocycles. The fourth-order valence-electron chi connectivity index (χ4n) is 5.97. The largest absolute Gasteiger partial charge is 0.497 e. The number of hydrogen-bond donors (Lipinski definition) is 0. The van der Waals surface area contributed by atoms with Crippen molar-refractivity contribution in [2.24, 2.45) is 4.99 Å². The summed E-state index contributed by atoms with van der Waals surface area (Å²) in [6.07, 6.45) is 3.99. The molecule has 1 aromatic rings. The molecule has 11 heteroatoms. The summed E-state index contributed by atoms with van der Waals surface area (Å²) in [6, 6.07) is 3.42. The highest BCUT2D eigenvalue weighted by atomic mass is 32.2. The highest BCUT2D eigenvalue weighted by Gasteiger charge is 2.42. The maximum absolute atomic E-state index is 13.8. The Morgan fingerprint density at radius 1 is 1.05 bits per heavy atom. The van der Waals surface area contributed by atoms with E-state index in [0.717, 1.165) is 39.0 Å². The van der Waals surface area contributed by atoms with E-state index in [4.69, 9.17) is 9.47 Å². The molecule has 0 bridgehead atoms. The first-order chi connectivity index (χ1) is 18.2. The topological polar surface area (TPSA) is 95.0 Å². The first-order valence-corrected chi connectivity index (χ1v) is 15.2. The Bertz CT molecular complexity index is 1150. The monoisotopic (exact) mass is 547 g/mol. The van der Waals surface area contributed by atoms with E-state index in [9.17, 15) is 13.2 Å². The van der Waals surface area contributed by atoms with Crippen LogP contribution < -0.4 is 4.74 Å². The van der Waals surface area contributed by atoms with Crippen molar-refractivity contribution in [2.75, 3.05) is 66.6 Å². The Balaban J connectivity index is 1.22. The highest BCUT2D eigenvalue weighted by Crippen LogP contribution is 2.35. The van der Waals surface area contributed by atoms with Gasteiger partial charge in [-0.15, -0.1) is 0 Å². The van der Waals surface area contributed by atoms with Crippen LogP contribution in [0.15, 0.2) is 22.0 Å². The summed E-state index contributed by atoms with van der Waals surface area (Å²) >= 11 is 0. The summed E-state index contributed by atoms with van der Waals surface area (Å²) < 4.78 is 40.2. The van der Waals surface area contributed by atoms with E-state index >= 15 is 0 Å². The predicted octanol–water partition coefficient (Wildman–Crippen LogP) is 1.50. The fourth-order valence-corrected chi connectivity index (χ4v) is 8.02. The Labute approximate surface area is 226 Å². The van der Waals surface area contributed by atoms with Crippen molar-refractivity contribution in [1.82, 2.24) is 19.0 Å². The highest BCUT2D eigenvalue weighted by molar-refractivity contribution is 7.89. The van der Waals surface area contributed by atoms with E-state index in [1.54, 1.807) is 33.1 Å². The van der Waals surface area contributed by atoms with Gasteiger partial charge in [-0.25, -0.2) is 13.4 Å². The van der Waals surface area contributed by atoms with Crippen molar-refractivity contribution in [3.63, 3.8) is 0 Å². The second-order valence-corrected chi connectivity index (χ2v) is 12.9. The molecule has 1 unspecified atom stereocenters. The number of piperidine rings is 1. The van der Waals surface area contributed by atoms with Gasteiger partial charge in [-0.2, -0.15) is 4.31 Å². The van der Waals surface area contributed by atoms with Gasteiger partial charge in [-0.3, -0.25) is 9.69 Å². The van der Waals surface area contributed by atoms with E-state index in [-0.39, 0.29) is 25.1 Å². The van der Waals surface area contributed by atoms with E-state index < -0.39 is 16.1 Å². The molecule has 4 aliphatic rings. The maximum atomic E-state index is 13.8. The average molecular weight is 548 g/mol. The van der Waals surface area contributed by atoms with Gasteiger partial charge in [0.15, 0.2) is 11.9 Å². The van der Waals surface area contributed by atoms with Crippen molar-refractivity contribution >= 4 is 21.8 Å². The van der Waals surface area contributed by atoms with Gasteiger partial charge in [-0.05, 0) is 82.9 Å². The van der Waals surface area contributed by atoms with Crippen molar-refractivity contribution < 1.29 is 22.7 Å². The van der Waals surface area contributed by atoms with Gasteiger partial charge < -0.3 is 19.3 Å². The molecule has 1 atom stereocenters. The molecule has 3 fully saturated rings. The number of likely N-dealkylation sites (tertiary alicyclic amines) is 1. The summed E-state index contributed by atoms with van der Waals surface area (Å²) in [6.45, 7) is 9.23. The van der Waals surface area contributed by atoms with Crippen LogP contribution in [-0.4, -0.2) is 124 Å². The number of aryl methyl sites for hydroxylation is 2. The zero-order valence-corrected chi connectivity index (χ0v) is 23.9. The van der Waals surface area contributed by atoms with E-state index in [0.29, 0.717) is 46.8 Å². The first kappa shape index (κ1) is 27.4. The lowest BCUT2D eigenvalue weighted by atomic mass is 10.0. The zero-order chi connectivity index (χ0) is 27.0. The minimum atomic E-state index is -3.78. The third-order valence-electron chi connectivity index (χ3n) is 8.30.